The Morgan fingerprint density at radius 2 is 2.14 bits per heavy atom. The second-order valence-electron chi connectivity index (χ2n) is 6.78. The van der Waals surface area contributed by atoms with Crippen LogP contribution in [0, 0.1) is 5.92 Å². The van der Waals surface area contributed by atoms with Crippen molar-refractivity contribution in [2.24, 2.45) is 5.92 Å². The highest BCUT2D eigenvalue weighted by atomic mass is 35.5. The molecule has 22 heavy (non-hydrogen) atoms. The minimum atomic E-state index is -0.644. The lowest BCUT2D eigenvalue weighted by molar-refractivity contribution is -0.125. The predicted molar refractivity (Wildman–Crippen MR) is 87.2 cm³/mol. The number of benzene rings is 1. The first-order valence-electron chi connectivity index (χ1n) is 7.78. The molecule has 1 aliphatic carbocycles. The van der Waals surface area contributed by atoms with E-state index in [4.69, 9.17) is 11.6 Å². The zero-order valence-corrected chi connectivity index (χ0v) is 13.7. The van der Waals surface area contributed by atoms with Crippen LogP contribution in [-0.2, 0) is 15.0 Å². The molecule has 0 saturated heterocycles. The molecule has 1 heterocycles. The van der Waals surface area contributed by atoms with Gasteiger partial charge in [0.25, 0.3) is 0 Å². The molecule has 0 radical (unpaired) electrons. The lowest BCUT2D eigenvalue weighted by Gasteiger charge is -2.26. The Hall–Kier alpha value is -1.55. The molecule has 0 aromatic heterocycles. The number of halogens is 1. The predicted octanol–water partition coefficient (Wildman–Crippen LogP) is 2.88. The Morgan fingerprint density at radius 1 is 1.41 bits per heavy atom. The van der Waals surface area contributed by atoms with Crippen LogP contribution in [0.5, 0.6) is 0 Å². The quantitative estimate of drug-likeness (QED) is 0.927. The van der Waals surface area contributed by atoms with E-state index in [-0.39, 0.29) is 18.4 Å². The van der Waals surface area contributed by atoms with E-state index in [1.165, 1.54) is 19.3 Å². The van der Waals surface area contributed by atoms with Gasteiger partial charge in [-0.1, -0.05) is 18.0 Å². The average molecular weight is 321 g/mol. The molecule has 3 rings (SSSR count). The summed E-state index contributed by atoms with van der Waals surface area (Å²) < 4.78 is 0. The molecule has 1 N–H and O–H groups in total. The van der Waals surface area contributed by atoms with Crippen LogP contribution in [0.4, 0.5) is 5.69 Å². The van der Waals surface area contributed by atoms with E-state index in [0.29, 0.717) is 10.9 Å². The molecule has 1 aromatic rings. The molecule has 0 unspecified atom stereocenters. The maximum absolute atomic E-state index is 12.6. The number of hydrogen-bond acceptors (Lipinski definition) is 2. The third-order valence-electron chi connectivity index (χ3n) is 4.82. The maximum Gasteiger partial charge on any atom is 0.240 e. The van der Waals surface area contributed by atoms with Crippen LogP contribution in [0.2, 0.25) is 5.02 Å². The Morgan fingerprint density at radius 3 is 2.77 bits per heavy atom. The Bertz CT molecular complexity index is 623. The van der Waals surface area contributed by atoms with Crippen molar-refractivity contribution in [3.8, 4) is 0 Å². The fourth-order valence-corrected chi connectivity index (χ4v) is 3.29. The number of anilines is 1. The molecular weight excluding hydrogens is 300 g/mol. The van der Waals surface area contributed by atoms with Gasteiger partial charge < -0.3 is 10.2 Å². The van der Waals surface area contributed by atoms with Gasteiger partial charge in [-0.2, -0.15) is 0 Å². The van der Waals surface area contributed by atoms with Crippen LogP contribution in [0.3, 0.4) is 0 Å². The lowest BCUT2D eigenvalue weighted by Crippen LogP contribution is -2.44. The SMILES string of the molecule is CC1(C)C(=O)N(CC(=O)NCC2CCC2)c2ccc(Cl)cc21. The normalized spacial score (nSPS) is 19.8. The van der Waals surface area contributed by atoms with E-state index in [1.54, 1.807) is 11.0 Å². The zero-order valence-electron chi connectivity index (χ0n) is 13.0. The molecule has 5 heteroatoms. The topological polar surface area (TPSA) is 49.4 Å². The average Bonchev–Trinajstić information content (AvgIpc) is 2.59. The Labute approximate surface area is 135 Å². The number of amides is 2. The summed E-state index contributed by atoms with van der Waals surface area (Å²) in [4.78, 5) is 26.4. The van der Waals surface area contributed by atoms with Gasteiger partial charge in [-0.05, 0) is 56.4 Å². The van der Waals surface area contributed by atoms with Gasteiger partial charge in [-0.25, -0.2) is 0 Å². The standard InChI is InChI=1S/C17H21ClN2O2/c1-17(2)13-8-12(18)6-7-14(13)20(16(17)22)10-15(21)19-9-11-4-3-5-11/h6-8,11H,3-5,9-10H2,1-2H3,(H,19,21). The van der Waals surface area contributed by atoms with E-state index in [9.17, 15) is 9.59 Å². The molecule has 1 fully saturated rings. The Balaban J connectivity index is 1.73. The molecule has 0 bridgehead atoms. The minimum absolute atomic E-state index is 0.0523. The third-order valence-corrected chi connectivity index (χ3v) is 5.05. The summed E-state index contributed by atoms with van der Waals surface area (Å²) in [7, 11) is 0. The summed E-state index contributed by atoms with van der Waals surface area (Å²) in [5.41, 5.74) is 1.03. The van der Waals surface area contributed by atoms with E-state index < -0.39 is 5.41 Å². The molecule has 1 aromatic carbocycles. The van der Waals surface area contributed by atoms with Crippen molar-refractivity contribution >= 4 is 29.1 Å². The number of fused-ring (bicyclic) bond motifs is 1. The first kappa shape index (κ1) is 15.3. The fraction of sp³-hybridized carbons (Fsp3) is 0.529. The van der Waals surface area contributed by atoms with Crippen molar-refractivity contribution in [1.82, 2.24) is 5.32 Å². The van der Waals surface area contributed by atoms with Gasteiger partial charge in [0.1, 0.15) is 6.54 Å². The summed E-state index contributed by atoms with van der Waals surface area (Å²) in [5, 5.41) is 3.55. The highest BCUT2D eigenvalue weighted by Crippen LogP contribution is 2.42. The highest BCUT2D eigenvalue weighted by molar-refractivity contribution is 6.31. The molecule has 118 valence electrons. The zero-order chi connectivity index (χ0) is 15.9. The van der Waals surface area contributed by atoms with Crippen LogP contribution in [0.25, 0.3) is 0 Å². The molecule has 0 spiro atoms. The molecule has 1 aliphatic heterocycles. The van der Waals surface area contributed by atoms with E-state index in [1.807, 2.05) is 26.0 Å². The summed E-state index contributed by atoms with van der Waals surface area (Å²) in [6.45, 7) is 4.54. The molecule has 1 saturated carbocycles. The second-order valence-corrected chi connectivity index (χ2v) is 7.22. The number of hydrogen-bond donors (Lipinski definition) is 1. The van der Waals surface area contributed by atoms with Crippen LogP contribution in [0.1, 0.15) is 38.7 Å². The van der Waals surface area contributed by atoms with E-state index >= 15 is 0 Å². The Kier molecular flexibility index (Phi) is 3.89. The van der Waals surface area contributed by atoms with Gasteiger partial charge in [0, 0.05) is 17.3 Å². The first-order chi connectivity index (χ1) is 10.4. The van der Waals surface area contributed by atoms with Gasteiger partial charge in [0.05, 0.1) is 5.41 Å². The smallest absolute Gasteiger partial charge is 0.240 e. The van der Waals surface area contributed by atoms with E-state index in [0.717, 1.165) is 17.8 Å². The monoisotopic (exact) mass is 320 g/mol. The molecule has 0 atom stereocenters. The summed E-state index contributed by atoms with van der Waals surface area (Å²) >= 11 is 6.05. The van der Waals surface area contributed by atoms with Crippen LogP contribution >= 0.6 is 11.6 Å². The van der Waals surface area contributed by atoms with Crippen molar-refractivity contribution in [1.29, 1.82) is 0 Å². The van der Waals surface area contributed by atoms with Gasteiger partial charge >= 0.3 is 0 Å². The van der Waals surface area contributed by atoms with Crippen molar-refractivity contribution in [2.45, 2.75) is 38.5 Å². The minimum Gasteiger partial charge on any atom is -0.354 e. The van der Waals surface area contributed by atoms with Crippen molar-refractivity contribution in [3.63, 3.8) is 0 Å². The number of carbonyl (C=O) groups excluding carboxylic acids is 2. The molecule has 2 amide bonds. The van der Waals surface area contributed by atoms with Gasteiger partial charge in [-0.15, -0.1) is 0 Å². The van der Waals surface area contributed by atoms with Crippen molar-refractivity contribution in [2.75, 3.05) is 18.0 Å². The molecule has 4 nitrogen and oxygen atoms in total. The van der Waals surface area contributed by atoms with Crippen LogP contribution < -0.4 is 10.2 Å². The van der Waals surface area contributed by atoms with Crippen molar-refractivity contribution in [3.05, 3.63) is 28.8 Å². The summed E-state index contributed by atoms with van der Waals surface area (Å²) in [6, 6.07) is 5.40. The number of carbonyl (C=O) groups is 2. The second kappa shape index (κ2) is 5.58. The lowest BCUT2D eigenvalue weighted by atomic mass is 9.85. The third kappa shape index (κ3) is 2.60. The highest BCUT2D eigenvalue weighted by Gasteiger charge is 2.44. The maximum atomic E-state index is 12.6. The summed E-state index contributed by atoms with van der Waals surface area (Å²) in [6.07, 6.45) is 3.64. The number of nitrogens with one attached hydrogen (secondary N) is 1. The van der Waals surface area contributed by atoms with Crippen LogP contribution in [0.15, 0.2) is 18.2 Å². The largest absolute Gasteiger partial charge is 0.354 e. The van der Waals surface area contributed by atoms with Crippen LogP contribution in [-0.4, -0.2) is 24.9 Å². The summed E-state index contributed by atoms with van der Waals surface area (Å²) in [5.74, 6) is 0.461. The molecule has 2 aliphatic rings. The van der Waals surface area contributed by atoms with Gasteiger partial charge in [0.15, 0.2) is 0 Å². The van der Waals surface area contributed by atoms with Gasteiger partial charge in [-0.3, -0.25) is 9.59 Å². The van der Waals surface area contributed by atoms with Crippen molar-refractivity contribution < 1.29 is 9.59 Å². The number of rotatable bonds is 4. The molecular formula is C17H21ClN2O2. The first-order valence-corrected chi connectivity index (χ1v) is 8.16. The fourth-order valence-electron chi connectivity index (χ4n) is 3.12. The van der Waals surface area contributed by atoms with Gasteiger partial charge in [0.2, 0.25) is 11.8 Å². The number of nitrogens with zero attached hydrogens (tertiary/aromatic N) is 1. The van der Waals surface area contributed by atoms with E-state index in [2.05, 4.69) is 5.32 Å².